The fourth-order valence-corrected chi connectivity index (χ4v) is 3.06. The van der Waals surface area contributed by atoms with Crippen LogP contribution in [0.4, 0.5) is 16.6 Å². The highest BCUT2D eigenvalue weighted by atomic mass is 16.3. The highest BCUT2D eigenvalue weighted by molar-refractivity contribution is 5.74. The van der Waals surface area contributed by atoms with Gasteiger partial charge < -0.3 is 30.4 Å². The van der Waals surface area contributed by atoms with Gasteiger partial charge in [0.05, 0.1) is 12.6 Å². The first-order chi connectivity index (χ1) is 11.5. The van der Waals surface area contributed by atoms with Gasteiger partial charge in [0.2, 0.25) is 5.95 Å². The van der Waals surface area contributed by atoms with Gasteiger partial charge in [-0.2, -0.15) is 4.98 Å². The van der Waals surface area contributed by atoms with Gasteiger partial charge in [0.1, 0.15) is 5.82 Å². The number of carbonyl (C=O) groups is 1. The van der Waals surface area contributed by atoms with Crippen molar-refractivity contribution in [3.05, 3.63) is 12.3 Å². The summed E-state index contributed by atoms with van der Waals surface area (Å²) in [5.41, 5.74) is 5.71. The van der Waals surface area contributed by atoms with Crippen molar-refractivity contribution in [3.63, 3.8) is 0 Å². The molecule has 1 aromatic rings. The van der Waals surface area contributed by atoms with Crippen LogP contribution in [-0.4, -0.2) is 101 Å². The molecule has 2 saturated heterocycles. The molecule has 3 rings (SSSR count). The van der Waals surface area contributed by atoms with E-state index in [1.165, 1.54) is 0 Å². The lowest BCUT2D eigenvalue weighted by Gasteiger charge is -2.36. The molecule has 0 radical (unpaired) electrons. The molecule has 2 amide bonds. The number of hydrogen-bond acceptors (Lipinski definition) is 7. The molecule has 0 spiro atoms. The van der Waals surface area contributed by atoms with Crippen LogP contribution in [0.3, 0.4) is 0 Å². The summed E-state index contributed by atoms with van der Waals surface area (Å²) in [6.45, 7) is 5.02. The van der Waals surface area contributed by atoms with Crippen molar-refractivity contribution >= 4 is 17.8 Å². The van der Waals surface area contributed by atoms with Gasteiger partial charge in [0, 0.05) is 52.0 Å². The number of nitrogens with zero attached hydrogens (tertiary/aromatic N) is 6. The summed E-state index contributed by atoms with van der Waals surface area (Å²) in [5.74, 6) is 0.882. The maximum absolute atomic E-state index is 12.7. The van der Waals surface area contributed by atoms with Gasteiger partial charge in [-0.1, -0.05) is 0 Å². The SMILES string of the molecule is CN1CCN(C(=O)N2CCN(c3nccc(N)n3)C[C@H](O)C2)CC1. The summed E-state index contributed by atoms with van der Waals surface area (Å²) in [6, 6.07) is 1.62. The molecule has 0 aromatic carbocycles. The second-order valence-corrected chi connectivity index (χ2v) is 6.40. The van der Waals surface area contributed by atoms with Crippen molar-refractivity contribution in [1.82, 2.24) is 24.7 Å². The summed E-state index contributed by atoms with van der Waals surface area (Å²) in [6.07, 6.45) is 0.955. The van der Waals surface area contributed by atoms with E-state index in [2.05, 4.69) is 21.9 Å². The molecule has 2 fully saturated rings. The minimum absolute atomic E-state index is 0.00232. The molecule has 0 aliphatic carbocycles. The smallest absolute Gasteiger partial charge is 0.320 e. The molecule has 2 aliphatic rings. The van der Waals surface area contributed by atoms with E-state index in [9.17, 15) is 9.90 Å². The molecule has 1 aromatic heterocycles. The Morgan fingerprint density at radius 2 is 1.88 bits per heavy atom. The second kappa shape index (κ2) is 7.18. The number of anilines is 2. The van der Waals surface area contributed by atoms with Gasteiger partial charge in [0.25, 0.3) is 0 Å². The quantitative estimate of drug-likeness (QED) is 0.672. The van der Waals surface area contributed by atoms with Crippen molar-refractivity contribution in [2.24, 2.45) is 0 Å². The number of hydrogen-bond donors (Lipinski definition) is 2. The number of amides is 2. The predicted octanol–water partition coefficient (Wildman–Crippen LogP) is -1.09. The minimum atomic E-state index is -0.644. The fraction of sp³-hybridized carbons (Fsp3) is 0.667. The van der Waals surface area contributed by atoms with E-state index in [-0.39, 0.29) is 6.03 Å². The number of aromatic nitrogens is 2. The average molecular weight is 335 g/mol. The van der Waals surface area contributed by atoms with Crippen LogP contribution in [0.15, 0.2) is 12.3 Å². The van der Waals surface area contributed by atoms with Crippen LogP contribution in [0.1, 0.15) is 0 Å². The molecule has 2 aliphatic heterocycles. The van der Waals surface area contributed by atoms with E-state index < -0.39 is 6.10 Å². The van der Waals surface area contributed by atoms with Crippen molar-refractivity contribution in [1.29, 1.82) is 0 Å². The van der Waals surface area contributed by atoms with E-state index in [1.807, 2.05) is 9.80 Å². The molecule has 3 heterocycles. The van der Waals surface area contributed by atoms with E-state index in [1.54, 1.807) is 17.2 Å². The number of piperazine rings is 1. The standard InChI is InChI=1S/C15H25N7O2/c1-19-4-6-20(7-5-19)15(24)22-9-8-21(10-12(23)11-22)14-17-3-2-13(16)18-14/h2-3,12,23H,4-11H2,1H3,(H2,16,17,18)/t12-/m0/s1. The van der Waals surface area contributed by atoms with Crippen LogP contribution in [0.2, 0.25) is 0 Å². The van der Waals surface area contributed by atoms with Crippen LogP contribution < -0.4 is 10.6 Å². The molecule has 9 heteroatoms. The fourth-order valence-electron chi connectivity index (χ4n) is 3.06. The van der Waals surface area contributed by atoms with Crippen LogP contribution in [0.25, 0.3) is 0 Å². The van der Waals surface area contributed by atoms with Crippen LogP contribution in [0, 0.1) is 0 Å². The Morgan fingerprint density at radius 3 is 2.58 bits per heavy atom. The molecule has 3 N–H and O–H groups in total. The van der Waals surface area contributed by atoms with Crippen molar-refractivity contribution in [3.8, 4) is 0 Å². The molecule has 1 atom stereocenters. The van der Waals surface area contributed by atoms with Gasteiger partial charge in [0.15, 0.2) is 0 Å². The van der Waals surface area contributed by atoms with E-state index in [0.717, 1.165) is 26.2 Å². The zero-order chi connectivity index (χ0) is 17.1. The van der Waals surface area contributed by atoms with E-state index in [0.29, 0.717) is 37.9 Å². The first-order valence-electron chi connectivity index (χ1n) is 8.27. The average Bonchev–Trinajstić information content (AvgIpc) is 2.77. The van der Waals surface area contributed by atoms with Crippen molar-refractivity contribution in [2.45, 2.75) is 6.10 Å². The maximum atomic E-state index is 12.7. The van der Waals surface area contributed by atoms with Crippen LogP contribution in [-0.2, 0) is 0 Å². The molecule has 0 unspecified atom stereocenters. The maximum Gasteiger partial charge on any atom is 0.320 e. The molecule has 0 bridgehead atoms. The third-order valence-electron chi connectivity index (χ3n) is 4.49. The lowest BCUT2D eigenvalue weighted by atomic mass is 10.3. The lowest BCUT2D eigenvalue weighted by Crippen LogP contribution is -2.53. The van der Waals surface area contributed by atoms with Gasteiger partial charge in [-0.3, -0.25) is 0 Å². The molecule has 24 heavy (non-hydrogen) atoms. The first-order valence-corrected chi connectivity index (χ1v) is 8.27. The third-order valence-corrected chi connectivity index (χ3v) is 4.49. The highest BCUT2D eigenvalue weighted by Crippen LogP contribution is 2.14. The first kappa shape index (κ1) is 16.7. The number of urea groups is 1. The molecular weight excluding hydrogens is 310 g/mol. The number of β-amino-alcohol motifs (C(OH)–C–C–N with tert-alkyl or cyclic N) is 1. The summed E-state index contributed by atoms with van der Waals surface area (Å²) < 4.78 is 0. The number of aliphatic hydroxyl groups excluding tert-OH is 1. The number of nitrogens with two attached hydrogens (primary N) is 1. The van der Waals surface area contributed by atoms with Crippen LogP contribution in [0.5, 0.6) is 0 Å². The summed E-state index contributed by atoms with van der Waals surface area (Å²) >= 11 is 0. The number of likely N-dealkylation sites (N-methyl/N-ethyl adjacent to an activating group) is 1. The molecule has 132 valence electrons. The second-order valence-electron chi connectivity index (χ2n) is 6.40. The number of nitrogen functional groups attached to an aromatic ring is 1. The lowest BCUT2D eigenvalue weighted by molar-refractivity contribution is 0.101. The Labute approximate surface area is 141 Å². The number of rotatable bonds is 1. The Morgan fingerprint density at radius 1 is 1.17 bits per heavy atom. The summed E-state index contributed by atoms with van der Waals surface area (Å²) in [7, 11) is 2.06. The monoisotopic (exact) mass is 335 g/mol. The van der Waals surface area contributed by atoms with Gasteiger partial charge >= 0.3 is 6.03 Å². The zero-order valence-corrected chi connectivity index (χ0v) is 14.0. The largest absolute Gasteiger partial charge is 0.389 e. The predicted molar refractivity (Wildman–Crippen MR) is 90.7 cm³/mol. The van der Waals surface area contributed by atoms with Gasteiger partial charge in [-0.05, 0) is 13.1 Å². The minimum Gasteiger partial charge on any atom is -0.389 e. The highest BCUT2D eigenvalue weighted by Gasteiger charge is 2.29. The van der Waals surface area contributed by atoms with Gasteiger partial charge in [-0.15, -0.1) is 0 Å². The van der Waals surface area contributed by atoms with Crippen LogP contribution >= 0.6 is 0 Å². The summed E-state index contributed by atoms with van der Waals surface area (Å²) in [5, 5.41) is 10.3. The Hall–Kier alpha value is -2.13. The normalized spacial score (nSPS) is 23.2. The van der Waals surface area contributed by atoms with E-state index in [4.69, 9.17) is 5.73 Å². The topological polar surface area (TPSA) is 102 Å². The number of aliphatic hydroxyl groups is 1. The Kier molecular flexibility index (Phi) is 5.00. The molecular formula is C15H25N7O2. The van der Waals surface area contributed by atoms with Crippen molar-refractivity contribution in [2.75, 3.05) is 70.0 Å². The van der Waals surface area contributed by atoms with Crippen molar-refractivity contribution < 1.29 is 9.90 Å². The molecule has 9 nitrogen and oxygen atoms in total. The van der Waals surface area contributed by atoms with E-state index >= 15 is 0 Å². The zero-order valence-electron chi connectivity index (χ0n) is 14.0. The summed E-state index contributed by atoms with van der Waals surface area (Å²) in [4.78, 5) is 28.8. The molecule has 0 saturated carbocycles. The Balaban J connectivity index is 1.64. The Bertz CT molecular complexity index is 577. The van der Waals surface area contributed by atoms with Gasteiger partial charge in [-0.25, -0.2) is 9.78 Å². The number of carbonyl (C=O) groups excluding carboxylic acids is 1. The third kappa shape index (κ3) is 3.85.